The number of aromatic hydroxyl groups is 1. The van der Waals surface area contributed by atoms with Crippen LogP contribution in [0.3, 0.4) is 0 Å². The number of hydrogen-bond donors (Lipinski definition) is 3. The number of amides is 2. The van der Waals surface area contributed by atoms with E-state index in [1.807, 2.05) is 26.0 Å². The fourth-order valence-electron chi connectivity index (χ4n) is 11.0. The predicted molar refractivity (Wildman–Crippen MR) is 169 cm³/mol. The minimum absolute atomic E-state index is 0.0255. The fraction of sp³-hybridized carbons (Fsp3) is 0.622. The summed E-state index contributed by atoms with van der Waals surface area (Å²) in [5.74, 6) is 0.426. The average molecular weight is 598 g/mol. The van der Waals surface area contributed by atoms with Crippen molar-refractivity contribution in [2.24, 2.45) is 50.7 Å². The van der Waals surface area contributed by atoms with E-state index in [4.69, 9.17) is 0 Å². The summed E-state index contributed by atoms with van der Waals surface area (Å²) in [5.41, 5.74) is 0.133. The third kappa shape index (κ3) is 4.30. The number of Topliss-reactive ketones (excluding diaryl/α,β-unsaturated/α-hetero) is 1. The standard InChI is InChI=1S/C37H47N3O4/c1-33(2)18-25-24(26(19-33)40-32(44)39-22-8-10-23(41)11-9-22)12-14-37(7)30(25)27(42)16-29-35(5)17-21(20-38)31(43)34(3,4)28(35)13-15-36(29,37)6/h8-11,16-17,24-26,28,30,41H,12-15,18-19H2,1-7H3,(H2,39,40,44)/t24-,25-,26+,28-,30-,35-,36+,37+/m0/s1. The molecule has 44 heavy (non-hydrogen) atoms. The van der Waals surface area contributed by atoms with Gasteiger partial charge in [0, 0.05) is 28.5 Å². The van der Waals surface area contributed by atoms with E-state index in [1.165, 1.54) is 0 Å². The number of anilines is 1. The van der Waals surface area contributed by atoms with Gasteiger partial charge in [-0.2, -0.15) is 5.26 Å². The van der Waals surface area contributed by atoms with Crippen molar-refractivity contribution in [2.45, 2.75) is 93.0 Å². The number of allylic oxidation sites excluding steroid dienone is 4. The second-order valence-corrected chi connectivity index (χ2v) is 16.5. The first-order valence-corrected chi connectivity index (χ1v) is 16.3. The first-order chi connectivity index (χ1) is 20.5. The molecule has 1 aromatic carbocycles. The Morgan fingerprint density at radius 1 is 0.955 bits per heavy atom. The van der Waals surface area contributed by atoms with E-state index < -0.39 is 10.8 Å². The molecule has 0 aliphatic heterocycles. The second-order valence-electron chi connectivity index (χ2n) is 16.5. The fourth-order valence-corrected chi connectivity index (χ4v) is 11.0. The van der Waals surface area contributed by atoms with Crippen molar-refractivity contribution < 1.29 is 19.5 Å². The van der Waals surface area contributed by atoms with E-state index in [0.29, 0.717) is 5.69 Å². The summed E-state index contributed by atoms with van der Waals surface area (Å²) < 4.78 is 0. The van der Waals surface area contributed by atoms with Gasteiger partial charge in [0.25, 0.3) is 0 Å². The molecule has 6 rings (SSSR count). The van der Waals surface area contributed by atoms with Gasteiger partial charge >= 0.3 is 6.03 Å². The molecular formula is C37H47N3O4. The molecule has 8 atom stereocenters. The van der Waals surface area contributed by atoms with Gasteiger partial charge in [0.05, 0.1) is 5.57 Å². The van der Waals surface area contributed by atoms with Crippen LogP contribution in [0, 0.1) is 62.1 Å². The summed E-state index contributed by atoms with van der Waals surface area (Å²) in [6, 6.07) is 8.30. The molecule has 0 bridgehead atoms. The summed E-state index contributed by atoms with van der Waals surface area (Å²) in [6.07, 6.45) is 9.19. The molecule has 0 aromatic heterocycles. The summed E-state index contributed by atoms with van der Waals surface area (Å²) in [6.45, 7) is 15.3. The molecule has 0 radical (unpaired) electrons. The first-order valence-electron chi connectivity index (χ1n) is 16.3. The number of carbonyl (C=O) groups is 3. The zero-order chi connectivity index (χ0) is 32.0. The van der Waals surface area contributed by atoms with Crippen LogP contribution in [0.25, 0.3) is 0 Å². The van der Waals surface area contributed by atoms with E-state index in [-0.39, 0.29) is 74.9 Å². The highest BCUT2D eigenvalue weighted by Crippen LogP contribution is 2.73. The topological polar surface area (TPSA) is 119 Å². The van der Waals surface area contributed by atoms with Gasteiger partial charge in [-0.3, -0.25) is 9.59 Å². The Bertz CT molecular complexity index is 1530. The number of fused-ring (bicyclic) bond motifs is 7. The number of carbonyl (C=O) groups excluding carboxylic acids is 3. The molecule has 7 heteroatoms. The van der Waals surface area contributed by atoms with Crippen LogP contribution in [0.2, 0.25) is 0 Å². The van der Waals surface area contributed by atoms with Crippen molar-refractivity contribution in [3.05, 3.63) is 47.6 Å². The summed E-state index contributed by atoms with van der Waals surface area (Å²) in [7, 11) is 0. The second kappa shape index (κ2) is 9.80. The quantitative estimate of drug-likeness (QED) is 0.308. The maximum atomic E-state index is 14.5. The van der Waals surface area contributed by atoms with E-state index in [2.05, 4.69) is 51.3 Å². The highest BCUT2D eigenvalue weighted by atomic mass is 16.3. The van der Waals surface area contributed by atoms with Gasteiger partial charge in [-0.1, -0.05) is 60.1 Å². The third-order valence-electron chi connectivity index (χ3n) is 13.1. The molecule has 3 fully saturated rings. The maximum absolute atomic E-state index is 14.5. The number of urea groups is 1. The van der Waals surface area contributed by atoms with Crippen molar-refractivity contribution in [1.82, 2.24) is 5.32 Å². The lowest BCUT2D eigenvalue weighted by atomic mass is 9.35. The van der Waals surface area contributed by atoms with Gasteiger partial charge in [-0.05, 0) is 103 Å². The number of ketones is 2. The Morgan fingerprint density at radius 3 is 2.30 bits per heavy atom. The molecule has 0 unspecified atom stereocenters. The number of phenolic OH excluding ortho intramolecular Hbond substituents is 1. The Hall–Kier alpha value is -3.40. The van der Waals surface area contributed by atoms with E-state index in [0.717, 1.165) is 44.1 Å². The van der Waals surface area contributed by atoms with E-state index in [9.17, 15) is 24.8 Å². The van der Waals surface area contributed by atoms with Crippen molar-refractivity contribution in [1.29, 1.82) is 5.26 Å². The van der Waals surface area contributed by atoms with Crippen molar-refractivity contribution in [3.63, 3.8) is 0 Å². The molecule has 1 aromatic rings. The van der Waals surface area contributed by atoms with Gasteiger partial charge in [0.1, 0.15) is 11.8 Å². The summed E-state index contributed by atoms with van der Waals surface area (Å²) in [4.78, 5) is 41.0. The van der Waals surface area contributed by atoms with Crippen LogP contribution < -0.4 is 10.6 Å². The van der Waals surface area contributed by atoms with Crippen molar-refractivity contribution in [3.8, 4) is 11.8 Å². The van der Waals surface area contributed by atoms with Gasteiger partial charge in [-0.25, -0.2) is 4.79 Å². The molecule has 234 valence electrons. The lowest BCUT2D eigenvalue weighted by Crippen LogP contribution is -2.65. The zero-order valence-electron chi connectivity index (χ0n) is 27.2. The van der Waals surface area contributed by atoms with Crippen LogP contribution in [0.5, 0.6) is 5.75 Å². The Morgan fingerprint density at radius 2 is 1.64 bits per heavy atom. The minimum atomic E-state index is -0.678. The smallest absolute Gasteiger partial charge is 0.319 e. The van der Waals surface area contributed by atoms with Crippen LogP contribution in [0.4, 0.5) is 10.5 Å². The number of phenols is 1. The van der Waals surface area contributed by atoms with Gasteiger partial charge < -0.3 is 15.7 Å². The molecule has 2 amide bonds. The lowest BCUT2D eigenvalue weighted by molar-refractivity contribution is -0.157. The zero-order valence-corrected chi connectivity index (χ0v) is 27.2. The largest absolute Gasteiger partial charge is 0.508 e. The Labute approximate surface area is 261 Å². The number of nitrogens with zero attached hydrogens (tertiary/aromatic N) is 1. The Balaban J connectivity index is 1.36. The summed E-state index contributed by atoms with van der Waals surface area (Å²) in [5, 5.41) is 25.7. The van der Waals surface area contributed by atoms with Crippen LogP contribution in [0.1, 0.15) is 87.0 Å². The number of rotatable bonds is 2. The monoisotopic (exact) mass is 597 g/mol. The molecule has 0 heterocycles. The van der Waals surface area contributed by atoms with Crippen LogP contribution in [-0.2, 0) is 9.59 Å². The van der Waals surface area contributed by atoms with Crippen LogP contribution in [-0.4, -0.2) is 28.7 Å². The highest BCUT2D eigenvalue weighted by molar-refractivity contribution is 6.04. The van der Waals surface area contributed by atoms with Gasteiger partial charge in [0.2, 0.25) is 0 Å². The van der Waals surface area contributed by atoms with E-state index >= 15 is 0 Å². The predicted octanol–water partition coefficient (Wildman–Crippen LogP) is 7.34. The molecule has 0 saturated heterocycles. The number of nitrogens with one attached hydrogen (secondary N) is 2. The number of hydrogen-bond acceptors (Lipinski definition) is 5. The maximum Gasteiger partial charge on any atom is 0.319 e. The van der Waals surface area contributed by atoms with Crippen LogP contribution >= 0.6 is 0 Å². The lowest BCUT2D eigenvalue weighted by Gasteiger charge is -2.68. The minimum Gasteiger partial charge on any atom is -0.508 e. The molecular weight excluding hydrogens is 550 g/mol. The average Bonchev–Trinajstić information content (AvgIpc) is 2.92. The third-order valence-corrected chi connectivity index (χ3v) is 13.1. The van der Waals surface area contributed by atoms with Gasteiger partial charge in [0.15, 0.2) is 11.6 Å². The van der Waals surface area contributed by atoms with Gasteiger partial charge in [-0.15, -0.1) is 0 Å². The van der Waals surface area contributed by atoms with E-state index in [1.54, 1.807) is 24.3 Å². The Kier molecular flexibility index (Phi) is 6.82. The first kappa shape index (κ1) is 30.6. The van der Waals surface area contributed by atoms with Crippen molar-refractivity contribution in [2.75, 3.05) is 5.32 Å². The van der Waals surface area contributed by atoms with Crippen LogP contribution in [0.15, 0.2) is 47.6 Å². The summed E-state index contributed by atoms with van der Waals surface area (Å²) >= 11 is 0. The number of benzene rings is 1. The molecule has 0 spiro atoms. The van der Waals surface area contributed by atoms with Crippen molar-refractivity contribution >= 4 is 23.3 Å². The normalized spacial score (nSPS) is 40.1. The SMILES string of the molecule is CC1(C)C[C@H]2[C@H](CC[C@]3(C)[C@@H]2C(=O)C=C2[C@@]4(C)C=C(C#N)C(=O)C(C)(C)[C@@H]4CC[C@]23C)[C@H](NC(=O)Nc2ccc(O)cc2)C1. The molecule has 5 aliphatic carbocycles. The number of nitriles is 1. The molecule has 3 saturated carbocycles. The molecule has 7 nitrogen and oxygen atoms in total. The highest BCUT2D eigenvalue weighted by Gasteiger charge is 2.68. The molecule has 5 aliphatic rings. The molecule has 3 N–H and O–H groups in total.